The lowest BCUT2D eigenvalue weighted by Crippen LogP contribution is -2.42. The minimum atomic E-state index is -0.132. The van der Waals surface area contributed by atoms with Crippen LogP contribution in [0.4, 0.5) is 0 Å². The van der Waals surface area contributed by atoms with Gasteiger partial charge < -0.3 is 10.1 Å². The largest absolute Gasteiger partial charge is 0.474 e. The maximum absolute atomic E-state index is 12.8. The number of hydrogen-bond acceptors (Lipinski definition) is 7. The molecule has 1 aromatic carbocycles. The zero-order valence-electron chi connectivity index (χ0n) is 22.2. The molecule has 0 spiro atoms. The van der Waals surface area contributed by atoms with E-state index in [1.54, 1.807) is 6.07 Å². The summed E-state index contributed by atoms with van der Waals surface area (Å²) in [6.45, 7) is 19.8. The van der Waals surface area contributed by atoms with E-state index in [4.69, 9.17) is 4.74 Å². The summed E-state index contributed by atoms with van der Waals surface area (Å²) in [6, 6.07) is 8.58. The van der Waals surface area contributed by atoms with Gasteiger partial charge in [0.05, 0.1) is 11.3 Å². The molecule has 194 valence electrons. The third-order valence-electron chi connectivity index (χ3n) is 5.96. The Balaban J connectivity index is 0.00000612. The minimum Gasteiger partial charge on any atom is -0.474 e. The summed E-state index contributed by atoms with van der Waals surface area (Å²) in [5, 5.41) is 13.4. The standard InChI is InChI=1S/C26H39N5O2S.ClH/c1-9-30(10-2)20(8)33-23-12-11-21(15-22(23)16-27)26-29-19(7)24(34-26)25(32)28-13-14-31(17(3)4)18(5)6;/h11-12,15,17-18,20H,9-10,13-14H2,1-8H3,(H,28,32);1H. The van der Waals surface area contributed by atoms with Crippen LogP contribution in [0.2, 0.25) is 0 Å². The van der Waals surface area contributed by atoms with Gasteiger partial charge in [-0.1, -0.05) is 13.8 Å². The average molecular weight is 522 g/mol. The van der Waals surface area contributed by atoms with Crippen molar-refractivity contribution >= 4 is 29.7 Å². The highest BCUT2D eigenvalue weighted by Gasteiger charge is 2.19. The molecule has 1 atom stereocenters. The van der Waals surface area contributed by atoms with E-state index in [0.29, 0.717) is 45.5 Å². The lowest BCUT2D eigenvalue weighted by molar-refractivity contribution is 0.0478. The molecule has 2 rings (SSSR count). The van der Waals surface area contributed by atoms with Crippen LogP contribution in [0.1, 0.15) is 69.4 Å². The maximum Gasteiger partial charge on any atom is 0.263 e. The van der Waals surface area contributed by atoms with E-state index in [1.165, 1.54) is 11.3 Å². The van der Waals surface area contributed by atoms with Gasteiger partial charge in [0.15, 0.2) is 0 Å². The Kier molecular flexibility index (Phi) is 12.7. The highest BCUT2D eigenvalue weighted by atomic mass is 35.5. The Hall–Kier alpha value is -2.18. The number of amides is 1. The third-order valence-corrected chi connectivity index (χ3v) is 7.16. The van der Waals surface area contributed by atoms with Crippen LogP contribution in [-0.2, 0) is 0 Å². The number of nitriles is 1. The topological polar surface area (TPSA) is 81.5 Å². The number of aromatic nitrogens is 1. The van der Waals surface area contributed by atoms with Crippen molar-refractivity contribution in [3.8, 4) is 22.4 Å². The molecule has 9 heteroatoms. The summed E-state index contributed by atoms with van der Waals surface area (Å²) < 4.78 is 6.05. The first-order valence-electron chi connectivity index (χ1n) is 12.1. The fourth-order valence-electron chi connectivity index (χ4n) is 4.07. The number of nitrogens with zero attached hydrogens (tertiary/aromatic N) is 4. The Bertz CT molecular complexity index is 990. The SMILES string of the molecule is CCN(CC)C(C)Oc1ccc(-c2nc(C)c(C(=O)NCCN(C(C)C)C(C)C)s2)cc1C#N.Cl. The zero-order valence-corrected chi connectivity index (χ0v) is 23.8. The minimum absolute atomic E-state index is 0. The second kappa shape index (κ2) is 14.4. The van der Waals surface area contributed by atoms with E-state index in [9.17, 15) is 10.1 Å². The lowest BCUT2D eigenvalue weighted by Gasteiger charge is -2.30. The second-order valence-electron chi connectivity index (χ2n) is 8.88. The first kappa shape index (κ1) is 30.9. The number of hydrogen-bond donors (Lipinski definition) is 1. The zero-order chi connectivity index (χ0) is 25.4. The Labute approximate surface area is 220 Å². The van der Waals surface area contributed by atoms with Crippen LogP contribution >= 0.6 is 23.7 Å². The van der Waals surface area contributed by atoms with Crippen molar-refractivity contribution in [2.24, 2.45) is 0 Å². The molecular formula is C26H40ClN5O2S. The monoisotopic (exact) mass is 521 g/mol. The second-order valence-corrected chi connectivity index (χ2v) is 9.87. The van der Waals surface area contributed by atoms with E-state index in [2.05, 4.69) is 67.7 Å². The fourth-order valence-corrected chi connectivity index (χ4v) is 5.05. The van der Waals surface area contributed by atoms with Crippen molar-refractivity contribution in [1.82, 2.24) is 20.1 Å². The molecule has 0 aliphatic carbocycles. The first-order chi connectivity index (χ1) is 16.1. The number of nitrogens with one attached hydrogen (secondary N) is 1. The number of carbonyl (C=O) groups is 1. The van der Waals surface area contributed by atoms with Crippen LogP contribution in [0.15, 0.2) is 18.2 Å². The molecule has 1 unspecified atom stereocenters. The number of carbonyl (C=O) groups excluding carboxylic acids is 1. The van der Waals surface area contributed by atoms with Crippen LogP contribution in [0.5, 0.6) is 5.75 Å². The van der Waals surface area contributed by atoms with Crippen molar-refractivity contribution in [2.45, 2.75) is 73.7 Å². The highest BCUT2D eigenvalue weighted by molar-refractivity contribution is 7.17. The van der Waals surface area contributed by atoms with Gasteiger partial charge in [-0.05, 0) is 72.8 Å². The molecule has 1 aromatic heterocycles. The average Bonchev–Trinajstić information content (AvgIpc) is 3.18. The Morgan fingerprint density at radius 2 is 1.80 bits per heavy atom. The van der Waals surface area contributed by atoms with Crippen LogP contribution in [0.25, 0.3) is 10.6 Å². The van der Waals surface area contributed by atoms with Crippen LogP contribution < -0.4 is 10.1 Å². The van der Waals surface area contributed by atoms with Gasteiger partial charge in [0.2, 0.25) is 0 Å². The number of ether oxygens (including phenoxy) is 1. The molecule has 7 nitrogen and oxygen atoms in total. The summed E-state index contributed by atoms with van der Waals surface area (Å²) in [5.74, 6) is 0.443. The van der Waals surface area contributed by atoms with Crippen molar-refractivity contribution in [3.05, 3.63) is 34.3 Å². The first-order valence-corrected chi connectivity index (χ1v) is 12.9. The highest BCUT2D eigenvalue weighted by Crippen LogP contribution is 2.31. The van der Waals surface area contributed by atoms with Gasteiger partial charge in [-0.15, -0.1) is 23.7 Å². The summed E-state index contributed by atoms with van der Waals surface area (Å²) in [5.41, 5.74) is 1.95. The Morgan fingerprint density at radius 3 is 2.34 bits per heavy atom. The molecule has 0 saturated carbocycles. The van der Waals surface area contributed by atoms with E-state index in [1.807, 2.05) is 26.0 Å². The number of halogens is 1. The van der Waals surface area contributed by atoms with E-state index in [0.717, 1.165) is 25.2 Å². The van der Waals surface area contributed by atoms with Crippen molar-refractivity contribution in [3.63, 3.8) is 0 Å². The van der Waals surface area contributed by atoms with Gasteiger partial charge in [-0.3, -0.25) is 14.6 Å². The molecule has 0 bridgehead atoms. The fraction of sp³-hybridized carbons (Fsp3) is 0.577. The van der Waals surface area contributed by atoms with Gasteiger partial charge in [-0.25, -0.2) is 4.98 Å². The predicted octanol–water partition coefficient (Wildman–Crippen LogP) is 5.33. The van der Waals surface area contributed by atoms with Crippen LogP contribution in [0, 0.1) is 18.3 Å². The van der Waals surface area contributed by atoms with E-state index in [-0.39, 0.29) is 24.5 Å². The van der Waals surface area contributed by atoms with Crippen LogP contribution in [-0.4, -0.2) is 65.2 Å². The molecule has 1 N–H and O–H groups in total. The molecule has 0 aliphatic rings. The Morgan fingerprint density at radius 1 is 1.17 bits per heavy atom. The summed E-state index contributed by atoms with van der Waals surface area (Å²) >= 11 is 1.35. The number of aryl methyl sites for hydroxylation is 1. The molecule has 1 heterocycles. The number of rotatable bonds is 12. The smallest absolute Gasteiger partial charge is 0.263 e. The number of thiazole rings is 1. The van der Waals surface area contributed by atoms with Crippen molar-refractivity contribution in [2.75, 3.05) is 26.2 Å². The van der Waals surface area contributed by atoms with Gasteiger partial charge in [0, 0.05) is 30.7 Å². The molecule has 0 saturated heterocycles. The quantitative estimate of drug-likeness (QED) is 0.380. The van der Waals surface area contributed by atoms with E-state index >= 15 is 0 Å². The summed E-state index contributed by atoms with van der Waals surface area (Å²) in [4.78, 5) is 22.5. The van der Waals surface area contributed by atoms with Gasteiger partial charge >= 0.3 is 0 Å². The van der Waals surface area contributed by atoms with Gasteiger partial charge in [0.25, 0.3) is 5.91 Å². The van der Waals surface area contributed by atoms with E-state index < -0.39 is 0 Å². The normalized spacial score (nSPS) is 12.1. The van der Waals surface area contributed by atoms with Gasteiger partial charge in [0.1, 0.15) is 27.9 Å². The molecular weight excluding hydrogens is 482 g/mol. The number of benzene rings is 1. The molecule has 1 amide bonds. The van der Waals surface area contributed by atoms with Crippen molar-refractivity contribution < 1.29 is 9.53 Å². The lowest BCUT2D eigenvalue weighted by atomic mass is 10.1. The molecule has 0 aliphatic heterocycles. The molecule has 35 heavy (non-hydrogen) atoms. The molecule has 2 aromatic rings. The third kappa shape index (κ3) is 8.18. The van der Waals surface area contributed by atoms with Crippen LogP contribution in [0.3, 0.4) is 0 Å². The molecule has 0 radical (unpaired) electrons. The summed E-state index contributed by atoms with van der Waals surface area (Å²) in [7, 11) is 0. The maximum atomic E-state index is 12.8. The van der Waals surface area contributed by atoms with Gasteiger partial charge in [-0.2, -0.15) is 5.26 Å². The predicted molar refractivity (Wildman–Crippen MR) is 147 cm³/mol. The van der Waals surface area contributed by atoms with Crippen molar-refractivity contribution in [1.29, 1.82) is 5.26 Å². The summed E-state index contributed by atoms with van der Waals surface area (Å²) in [6.07, 6.45) is -0.132. The molecule has 0 fully saturated rings.